The van der Waals surface area contributed by atoms with E-state index in [0.29, 0.717) is 24.2 Å². The van der Waals surface area contributed by atoms with Gasteiger partial charge in [-0.05, 0) is 59.1 Å². The number of aryl methyl sites for hydroxylation is 1. The highest BCUT2D eigenvalue weighted by atomic mass is 79.9. The fraction of sp³-hybridized carbons (Fsp3) is 0.357. The lowest BCUT2D eigenvalue weighted by atomic mass is 10.1. The van der Waals surface area contributed by atoms with Gasteiger partial charge in [0.25, 0.3) is 0 Å². The van der Waals surface area contributed by atoms with Crippen molar-refractivity contribution in [1.29, 1.82) is 4.78 Å². The zero-order valence-corrected chi connectivity index (χ0v) is 16.4. The van der Waals surface area contributed by atoms with Gasteiger partial charge in [0.15, 0.2) is 11.5 Å². The molecule has 12 heteroatoms. The lowest BCUT2D eigenvalue weighted by Gasteiger charge is -2.12. The molecule has 0 fully saturated rings. The van der Waals surface area contributed by atoms with Crippen molar-refractivity contribution >= 4 is 37.4 Å². The van der Waals surface area contributed by atoms with E-state index in [-0.39, 0.29) is 22.0 Å². The van der Waals surface area contributed by atoms with E-state index in [1.54, 1.807) is 6.92 Å². The number of hydrogen-bond donors (Lipinski definition) is 4. The van der Waals surface area contributed by atoms with Crippen LogP contribution in [0.2, 0.25) is 0 Å². The van der Waals surface area contributed by atoms with Crippen LogP contribution in [0.5, 0.6) is 0 Å². The molecule has 0 aliphatic heterocycles. The van der Waals surface area contributed by atoms with Gasteiger partial charge in [0.05, 0.1) is 10.2 Å². The molecule has 26 heavy (non-hydrogen) atoms. The van der Waals surface area contributed by atoms with E-state index in [0.717, 1.165) is 0 Å². The Bertz CT molecular complexity index is 902. The van der Waals surface area contributed by atoms with Crippen molar-refractivity contribution in [3.05, 3.63) is 39.9 Å². The van der Waals surface area contributed by atoms with Crippen LogP contribution < -0.4 is 10.2 Å². The maximum absolute atomic E-state index is 13.3. The van der Waals surface area contributed by atoms with Crippen LogP contribution in [0.15, 0.2) is 32.3 Å². The molecule has 9 nitrogen and oxygen atoms in total. The third-order valence-corrected chi connectivity index (χ3v) is 4.73. The fourth-order valence-electron chi connectivity index (χ4n) is 2.16. The van der Waals surface area contributed by atoms with Crippen molar-refractivity contribution in [2.45, 2.75) is 25.8 Å². The molecule has 2 rings (SSSR count). The molecule has 142 valence electrons. The van der Waals surface area contributed by atoms with E-state index in [2.05, 4.69) is 36.0 Å². The maximum atomic E-state index is 13.3. The lowest BCUT2D eigenvalue weighted by molar-refractivity contribution is 0.234. The number of hydroxylamine groups is 1. The van der Waals surface area contributed by atoms with Gasteiger partial charge in [0.1, 0.15) is 21.4 Å². The molecule has 0 amide bonds. The van der Waals surface area contributed by atoms with Crippen LogP contribution in [0.3, 0.4) is 0 Å². The van der Waals surface area contributed by atoms with E-state index < -0.39 is 15.7 Å². The van der Waals surface area contributed by atoms with Crippen LogP contribution in [-0.4, -0.2) is 37.9 Å². The average Bonchev–Trinajstić information content (AvgIpc) is 3.00. The van der Waals surface area contributed by atoms with Gasteiger partial charge in [-0.2, -0.15) is 0 Å². The van der Waals surface area contributed by atoms with Gasteiger partial charge in [0.2, 0.25) is 0 Å². The predicted octanol–water partition coefficient (Wildman–Crippen LogP) is 2.53. The monoisotopic (exact) mass is 448 g/mol. The molecule has 1 aromatic heterocycles. The molecule has 2 atom stereocenters. The first-order valence-corrected chi connectivity index (χ1v) is 10.2. The first-order valence-electron chi connectivity index (χ1n) is 7.46. The van der Waals surface area contributed by atoms with Crippen LogP contribution in [0.4, 0.5) is 10.1 Å². The highest BCUT2D eigenvalue weighted by Gasteiger charge is 2.18. The Hall–Kier alpha value is -1.89. The van der Waals surface area contributed by atoms with Gasteiger partial charge in [-0.15, -0.1) is 0 Å². The number of rotatable bonds is 7. The Morgan fingerprint density at radius 2 is 2.27 bits per heavy atom. The number of amidine groups is 1. The molecule has 1 heterocycles. The summed E-state index contributed by atoms with van der Waals surface area (Å²) in [6.45, 7) is 1.79. The van der Waals surface area contributed by atoms with Crippen molar-refractivity contribution < 1.29 is 18.4 Å². The largest absolute Gasteiger partial charge is 0.290 e. The van der Waals surface area contributed by atoms with Gasteiger partial charge < -0.3 is 0 Å². The second-order valence-corrected chi connectivity index (χ2v) is 8.41. The Balaban J connectivity index is 2.18. The molecule has 2 unspecified atom stereocenters. The fourth-order valence-corrected chi connectivity index (χ4v) is 3.41. The summed E-state index contributed by atoms with van der Waals surface area (Å²) >= 11 is 3.07. The minimum absolute atomic E-state index is 0.0137. The van der Waals surface area contributed by atoms with Crippen LogP contribution in [0, 0.1) is 10.6 Å². The highest BCUT2D eigenvalue weighted by molar-refractivity contribution is 9.10. The molecular formula is C14H18BrFN6O3S. The van der Waals surface area contributed by atoms with Crippen LogP contribution >= 0.6 is 15.9 Å². The maximum Gasteiger partial charge on any atom is 0.181 e. The smallest absolute Gasteiger partial charge is 0.181 e. The van der Waals surface area contributed by atoms with Gasteiger partial charge in [-0.3, -0.25) is 10.7 Å². The summed E-state index contributed by atoms with van der Waals surface area (Å²) in [5, 5.41) is 16.9. The van der Waals surface area contributed by atoms with E-state index in [1.807, 2.05) is 5.48 Å². The summed E-state index contributed by atoms with van der Waals surface area (Å²) in [6, 6.07) is 3.90. The number of aliphatic imine (C=N–C) groups is 1. The summed E-state index contributed by atoms with van der Waals surface area (Å²) in [6.07, 6.45) is 2.19. The molecule has 0 saturated heterocycles. The van der Waals surface area contributed by atoms with Gasteiger partial charge >= 0.3 is 0 Å². The quantitative estimate of drug-likeness (QED) is 0.291. The summed E-state index contributed by atoms with van der Waals surface area (Å²) in [7, 11) is -2.81. The highest BCUT2D eigenvalue weighted by Crippen LogP contribution is 2.23. The average molecular weight is 449 g/mol. The topological polar surface area (TPSA) is 136 Å². The number of nitrogens with one attached hydrogen (secondary N) is 3. The molecule has 1 aromatic carbocycles. The van der Waals surface area contributed by atoms with Gasteiger partial charge in [-0.25, -0.2) is 27.7 Å². The number of benzene rings is 1. The molecule has 2 aromatic rings. The minimum atomic E-state index is -2.81. The molecule has 0 radical (unpaired) electrons. The predicted molar refractivity (Wildman–Crippen MR) is 97.2 cm³/mol. The second-order valence-electron chi connectivity index (χ2n) is 5.63. The van der Waals surface area contributed by atoms with Gasteiger partial charge in [0, 0.05) is 12.3 Å². The molecule has 0 aliphatic rings. The summed E-state index contributed by atoms with van der Waals surface area (Å²) in [5.41, 5.74) is 2.94. The summed E-state index contributed by atoms with van der Waals surface area (Å²) in [4.78, 5) is 4.17. The zero-order valence-electron chi connectivity index (χ0n) is 14.0. The van der Waals surface area contributed by atoms with Crippen molar-refractivity contribution in [1.82, 2.24) is 20.5 Å². The molecule has 4 N–H and O–H groups in total. The third-order valence-electron chi connectivity index (χ3n) is 3.27. The van der Waals surface area contributed by atoms with E-state index in [4.69, 9.17) is 9.41 Å². The van der Waals surface area contributed by atoms with Crippen LogP contribution in [0.1, 0.15) is 24.7 Å². The third kappa shape index (κ3) is 5.83. The Kier molecular flexibility index (Phi) is 6.81. The summed E-state index contributed by atoms with van der Waals surface area (Å²) < 4.78 is 39.8. The minimum Gasteiger partial charge on any atom is -0.290 e. The number of nitrogens with zero attached hydrogens (tertiary/aromatic N) is 3. The Morgan fingerprint density at radius 3 is 2.88 bits per heavy atom. The first kappa shape index (κ1) is 20.4. The van der Waals surface area contributed by atoms with E-state index in [9.17, 15) is 13.8 Å². The number of aromatic nitrogens is 2. The first-order chi connectivity index (χ1) is 12.2. The normalized spacial score (nSPS) is 15.5. The van der Waals surface area contributed by atoms with Crippen LogP contribution in [0.25, 0.3) is 0 Å². The van der Waals surface area contributed by atoms with Crippen molar-refractivity contribution in [2.75, 3.05) is 6.26 Å². The summed E-state index contributed by atoms with van der Waals surface area (Å²) in [5.74, 6) is -0.449. The van der Waals surface area contributed by atoms with Gasteiger partial charge in [-0.1, -0.05) is 5.16 Å². The Morgan fingerprint density at radius 1 is 1.54 bits per heavy atom. The Labute approximate surface area is 158 Å². The van der Waals surface area contributed by atoms with Crippen molar-refractivity contribution in [3.63, 3.8) is 0 Å². The lowest BCUT2D eigenvalue weighted by Crippen LogP contribution is -2.31. The number of hydrogen-bond acceptors (Lipinski definition) is 7. The second kappa shape index (κ2) is 8.66. The van der Waals surface area contributed by atoms with E-state index >= 15 is 0 Å². The van der Waals surface area contributed by atoms with Crippen molar-refractivity contribution in [2.24, 2.45) is 4.99 Å². The SMILES string of the molecule is CC(CCc1nonc1C(=Nc1ccc(F)c(Br)c1)NO)NS(C)(=N)=O. The molecular weight excluding hydrogens is 431 g/mol. The standard InChI is InChI=1S/C14H18BrFN6O3S/c1-8(22-26(2,17)24)3-6-12-13(21-25-20-12)14(19-23)18-9-4-5-11(16)10(15)7-9/h4-5,7-8,23H,3,6H2,1-2H3,(H,18,19)(H2,17,22,24). The van der Waals surface area contributed by atoms with Crippen LogP contribution in [-0.2, 0) is 16.3 Å². The zero-order chi connectivity index (χ0) is 19.3. The molecule has 0 aliphatic carbocycles. The van der Waals surface area contributed by atoms with E-state index in [1.165, 1.54) is 24.5 Å². The molecule has 0 spiro atoms. The molecule has 0 bridgehead atoms. The number of halogens is 2. The molecule has 0 saturated carbocycles. The van der Waals surface area contributed by atoms with Crippen molar-refractivity contribution in [3.8, 4) is 0 Å².